The van der Waals surface area contributed by atoms with Gasteiger partial charge >= 0.3 is 0 Å². The van der Waals surface area contributed by atoms with Crippen molar-refractivity contribution in [3.63, 3.8) is 0 Å². The summed E-state index contributed by atoms with van der Waals surface area (Å²) in [6, 6.07) is 9.97. The predicted molar refractivity (Wildman–Crippen MR) is 117 cm³/mol. The number of piperidine rings is 1. The molecular weight excluding hydrogens is 446 g/mol. The highest BCUT2D eigenvalue weighted by molar-refractivity contribution is 6.30. The molecule has 0 bridgehead atoms. The second kappa shape index (κ2) is 8.87. The molecular formula is C22H22ClN7O3. The van der Waals surface area contributed by atoms with Gasteiger partial charge in [-0.15, -0.1) is 5.10 Å². The fourth-order valence-electron chi connectivity index (χ4n) is 4.47. The Labute approximate surface area is 194 Å². The van der Waals surface area contributed by atoms with Crippen LogP contribution in [0.2, 0.25) is 5.02 Å². The van der Waals surface area contributed by atoms with Crippen LogP contribution in [0.15, 0.2) is 48.9 Å². The lowest BCUT2D eigenvalue weighted by molar-refractivity contribution is -0.146. The fraction of sp³-hybridized carbons (Fsp3) is 0.364. The van der Waals surface area contributed by atoms with Gasteiger partial charge in [-0.2, -0.15) is 0 Å². The van der Waals surface area contributed by atoms with Gasteiger partial charge < -0.3 is 15.3 Å². The molecule has 2 amide bonds. The number of aliphatic hydroxyl groups excluding tert-OH is 1. The molecule has 3 aromatic rings. The van der Waals surface area contributed by atoms with E-state index in [1.165, 1.54) is 11.0 Å². The Morgan fingerprint density at radius 3 is 2.88 bits per heavy atom. The number of carbonyl (C=O) groups excluding carboxylic acids is 2. The predicted octanol–water partition coefficient (Wildman–Crippen LogP) is 0.920. The van der Waals surface area contributed by atoms with Crippen LogP contribution in [0.1, 0.15) is 24.1 Å². The first-order chi connectivity index (χ1) is 16.0. The molecule has 2 fully saturated rings. The Balaban J connectivity index is 1.27. The van der Waals surface area contributed by atoms with Crippen LogP contribution in [-0.4, -0.2) is 65.2 Å². The molecule has 0 radical (unpaired) electrons. The second-order valence-corrected chi connectivity index (χ2v) is 8.78. The monoisotopic (exact) mass is 467 g/mol. The van der Waals surface area contributed by atoms with Crippen molar-refractivity contribution in [1.82, 2.24) is 35.4 Å². The smallest absolute Gasteiger partial charge is 0.252 e. The van der Waals surface area contributed by atoms with Gasteiger partial charge in [0, 0.05) is 35.9 Å². The van der Waals surface area contributed by atoms with Gasteiger partial charge in [-0.1, -0.05) is 17.7 Å². The summed E-state index contributed by atoms with van der Waals surface area (Å²) in [5.74, 6) is -0.388. The van der Waals surface area contributed by atoms with E-state index in [4.69, 9.17) is 11.6 Å². The van der Waals surface area contributed by atoms with Crippen molar-refractivity contribution in [2.75, 3.05) is 0 Å². The minimum atomic E-state index is -1.24. The third kappa shape index (κ3) is 4.44. The van der Waals surface area contributed by atoms with Crippen molar-refractivity contribution >= 4 is 23.4 Å². The first kappa shape index (κ1) is 21.5. The highest BCUT2D eigenvalue weighted by Crippen LogP contribution is 2.48. The van der Waals surface area contributed by atoms with E-state index >= 15 is 0 Å². The zero-order valence-electron chi connectivity index (χ0n) is 17.6. The SMILES string of the molecule is O=C(NCc1cc(Cl)ccc1-n1cnnn1)[C@@H]1C[C@@H]2C[C@@H]2N1C(=O)[C@H](O)Cc1ccccn1. The number of nitrogens with one attached hydrogen (secondary N) is 1. The number of carbonyl (C=O) groups is 2. The summed E-state index contributed by atoms with van der Waals surface area (Å²) in [7, 11) is 0. The van der Waals surface area contributed by atoms with Crippen molar-refractivity contribution in [3.8, 4) is 5.69 Å². The minimum Gasteiger partial charge on any atom is -0.383 e. The van der Waals surface area contributed by atoms with Crippen molar-refractivity contribution in [2.45, 2.75) is 44.0 Å². The van der Waals surface area contributed by atoms with Gasteiger partial charge in [0.2, 0.25) is 5.91 Å². The van der Waals surface area contributed by atoms with Crippen LogP contribution in [0.25, 0.3) is 5.69 Å². The first-order valence-corrected chi connectivity index (χ1v) is 11.1. The Kier molecular flexibility index (Phi) is 5.77. The summed E-state index contributed by atoms with van der Waals surface area (Å²) in [6.07, 6.45) is 3.41. The fourth-order valence-corrected chi connectivity index (χ4v) is 4.67. The van der Waals surface area contributed by atoms with Crippen LogP contribution in [-0.2, 0) is 22.6 Å². The van der Waals surface area contributed by atoms with Crippen molar-refractivity contribution in [2.24, 2.45) is 5.92 Å². The van der Waals surface area contributed by atoms with Gasteiger partial charge in [0.05, 0.1) is 5.69 Å². The van der Waals surface area contributed by atoms with E-state index in [1.54, 1.807) is 41.4 Å². The van der Waals surface area contributed by atoms with Crippen LogP contribution in [0, 0.1) is 5.92 Å². The summed E-state index contributed by atoms with van der Waals surface area (Å²) in [6.45, 7) is 0.193. The molecule has 4 atom stereocenters. The van der Waals surface area contributed by atoms with E-state index in [0.717, 1.165) is 12.0 Å². The largest absolute Gasteiger partial charge is 0.383 e. The van der Waals surface area contributed by atoms with Crippen molar-refractivity contribution in [3.05, 3.63) is 65.2 Å². The lowest BCUT2D eigenvalue weighted by Gasteiger charge is -2.29. The minimum absolute atomic E-state index is 0.00888. The molecule has 33 heavy (non-hydrogen) atoms. The summed E-state index contributed by atoms with van der Waals surface area (Å²) in [4.78, 5) is 31.9. The van der Waals surface area contributed by atoms with Crippen LogP contribution < -0.4 is 5.32 Å². The van der Waals surface area contributed by atoms with Gasteiger partial charge in [-0.3, -0.25) is 14.6 Å². The summed E-state index contributed by atoms with van der Waals surface area (Å²) in [5.41, 5.74) is 2.05. The molecule has 2 aliphatic rings. The van der Waals surface area contributed by atoms with E-state index < -0.39 is 18.1 Å². The Bertz CT molecular complexity index is 1160. The Hall–Kier alpha value is -3.37. The average Bonchev–Trinajstić information content (AvgIpc) is 3.21. The molecule has 1 saturated heterocycles. The molecule has 2 N–H and O–H groups in total. The summed E-state index contributed by atoms with van der Waals surface area (Å²) < 4.78 is 1.49. The number of rotatable bonds is 7. The number of pyridine rings is 1. The number of fused-ring (bicyclic) bond motifs is 1. The highest BCUT2D eigenvalue weighted by Gasteiger charge is 2.56. The van der Waals surface area contributed by atoms with Gasteiger partial charge in [-0.25, -0.2) is 4.68 Å². The number of aliphatic hydroxyl groups is 1. The Morgan fingerprint density at radius 1 is 1.24 bits per heavy atom. The van der Waals surface area contributed by atoms with Gasteiger partial charge in [0.1, 0.15) is 18.5 Å². The third-order valence-electron chi connectivity index (χ3n) is 6.17. The normalized spacial score (nSPS) is 22.0. The van der Waals surface area contributed by atoms with Gasteiger partial charge in [0.25, 0.3) is 5.91 Å². The Morgan fingerprint density at radius 2 is 2.12 bits per heavy atom. The van der Waals surface area contributed by atoms with Gasteiger partial charge in [-0.05, 0) is 65.1 Å². The maximum Gasteiger partial charge on any atom is 0.252 e. The molecule has 170 valence electrons. The molecule has 3 heterocycles. The van der Waals surface area contributed by atoms with E-state index in [1.807, 2.05) is 6.07 Å². The number of aromatic nitrogens is 5. The number of tetrazole rings is 1. The molecule has 0 spiro atoms. The van der Waals surface area contributed by atoms with E-state index in [-0.39, 0.29) is 24.9 Å². The number of nitrogens with zero attached hydrogens (tertiary/aromatic N) is 6. The van der Waals surface area contributed by atoms with Gasteiger partial charge in [0.15, 0.2) is 0 Å². The zero-order valence-corrected chi connectivity index (χ0v) is 18.3. The summed E-state index contributed by atoms with van der Waals surface area (Å²) >= 11 is 6.15. The van der Waals surface area contributed by atoms with E-state index in [2.05, 4.69) is 25.8 Å². The number of amides is 2. The molecule has 1 saturated carbocycles. The standard InChI is InChI=1S/C22H22ClN7O3/c23-15-4-5-17(29-12-26-27-28-29)14(7-15)11-25-21(32)19-9-13-8-18(13)30(19)22(33)20(31)10-16-3-1-2-6-24-16/h1-7,12-13,18-20,31H,8-11H2,(H,25,32)/t13-,18-,19-,20+/m0/s1. The molecule has 1 aliphatic carbocycles. The number of benzene rings is 1. The third-order valence-corrected chi connectivity index (χ3v) is 6.40. The quantitative estimate of drug-likeness (QED) is 0.529. The van der Waals surface area contributed by atoms with Crippen molar-refractivity contribution in [1.29, 1.82) is 0 Å². The number of hydrogen-bond donors (Lipinski definition) is 2. The molecule has 1 aliphatic heterocycles. The molecule has 5 rings (SSSR count). The second-order valence-electron chi connectivity index (χ2n) is 8.35. The van der Waals surface area contributed by atoms with E-state index in [9.17, 15) is 14.7 Å². The number of hydrogen-bond acceptors (Lipinski definition) is 7. The molecule has 10 nitrogen and oxygen atoms in total. The maximum absolute atomic E-state index is 13.1. The van der Waals surface area contributed by atoms with Crippen LogP contribution in [0.5, 0.6) is 0 Å². The summed E-state index contributed by atoms with van der Waals surface area (Å²) in [5, 5.41) is 25.2. The lowest BCUT2D eigenvalue weighted by Crippen LogP contribution is -2.51. The maximum atomic E-state index is 13.1. The van der Waals surface area contributed by atoms with Crippen LogP contribution >= 0.6 is 11.6 Å². The van der Waals surface area contributed by atoms with E-state index in [0.29, 0.717) is 28.7 Å². The molecule has 0 unspecified atom stereocenters. The molecule has 2 aromatic heterocycles. The highest BCUT2D eigenvalue weighted by atomic mass is 35.5. The van der Waals surface area contributed by atoms with Crippen LogP contribution in [0.3, 0.4) is 0 Å². The first-order valence-electron chi connectivity index (χ1n) is 10.7. The zero-order chi connectivity index (χ0) is 22.9. The molecule has 11 heteroatoms. The average molecular weight is 468 g/mol. The molecule has 1 aromatic carbocycles. The number of likely N-dealkylation sites (tertiary alicyclic amines) is 1. The van der Waals surface area contributed by atoms with Crippen molar-refractivity contribution < 1.29 is 14.7 Å². The number of halogens is 1. The van der Waals surface area contributed by atoms with Crippen LogP contribution in [0.4, 0.5) is 0 Å². The topological polar surface area (TPSA) is 126 Å². The lowest BCUT2D eigenvalue weighted by atomic mass is 10.1.